The van der Waals surface area contributed by atoms with Gasteiger partial charge in [-0.15, -0.1) is 0 Å². The van der Waals surface area contributed by atoms with E-state index in [4.69, 9.17) is 11.6 Å². The van der Waals surface area contributed by atoms with Gasteiger partial charge in [0.25, 0.3) is 0 Å². The second kappa shape index (κ2) is 4.82. The molecule has 1 aliphatic rings. The zero-order valence-corrected chi connectivity index (χ0v) is 11.5. The Balaban J connectivity index is 2.00. The maximum atomic E-state index is 12.7. The molecule has 0 bridgehead atoms. The minimum atomic E-state index is -0.0734. The predicted octanol–water partition coefficient (Wildman–Crippen LogP) is 3.47. The lowest BCUT2D eigenvalue weighted by atomic mass is 9.95. The highest BCUT2D eigenvalue weighted by Gasteiger charge is 2.31. The molecule has 1 heterocycles. The van der Waals surface area contributed by atoms with Gasteiger partial charge in [0.2, 0.25) is 0 Å². The van der Waals surface area contributed by atoms with Crippen LogP contribution in [0, 0.1) is 0 Å². The fraction of sp³-hybridized carbons (Fsp3) is 0.333. The summed E-state index contributed by atoms with van der Waals surface area (Å²) in [6.07, 6.45) is 3.38. The van der Waals surface area contributed by atoms with E-state index in [-0.39, 0.29) is 11.7 Å². The molecule has 1 aliphatic carbocycles. The number of aryl methyl sites for hydroxylation is 2. The maximum absolute atomic E-state index is 12.7. The third-order valence-corrected chi connectivity index (χ3v) is 4.05. The number of carbonyl (C=O) groups is 1. The normalized spacial score (nSPS) is 17.5. The van der Waals surface area contributed by atoms with Gasteiger partial charge in [0, 0.05) is 12.5 Å². The fourth-order valence-electron chi connectivity index (χ4n) is 2.84. The number of ketones is 1. The highest BCUT2D eigenvalue weighted by Crippen LogP contribution is 2.36. The number of Topliss-reactive ketones (excluding diaryl/α,β-unsaturated/α-hetero) is 1. The molecule has 19 heavy (non-hydrogen) atoms. The molecule has 3 rings (SSSR count). The number of carbonyl (C=O) groups excluding carboxylic acids is 1. The van der Waals surface area contributed by atoms with Crippen molar-refractivity contribution in [3.05, 3.63) is 52.3 Å². The number of fused-ring (bicyclic) bond motifs is 1. The molecule has 3 nitrogen and oxygen atoms in total. The number of hydrogen-bond acceptors (Lipinski definition) is 2. The monoisotopic (exact) mass is 274 g/mol. The van der Waals surface area contributed by atoms with Crippen molar-refractivity contribution >= 4 is 17.4 Å². The van der Waals surface area contributed by atoms with Gasteiger partial charge >= 0.3 is 0 Å². The van der Waals surface area contributed by atoms with E-state index in [0.29, 0.717) is 17.3 Å². The Kier molecular flexibility index (Phi) is 3.15. The van der Waals surface area contributed by atoms with Crippen LogP contribution in [-0.4, -0.2) is 15.6 Å². The first-order valence-corrected chi connectivity index (χ1v) is 6.93. The first kappa shape index (κ1) is 12.4. The molecular formula is C15H15ClN2O. The van der Waals surface area contributed by atoms with Crippen LogP contribution in [0.3, 0.4) is 0 Å². The van der Waals surface area contributed by atoms with Gasteiger partial charge < -0.3 is 0 Å². The van der Waals surface area contributed by atoms with Gasteiger partial charge in [-0.05, 0) is 30.9 Å². The van der Waals surface area contributed by atoms with E-state index in [2.05, 4.69) is 11.2 Å². The van der Waals surface area contributed by atoms with E-state index < -0.39 is 0 Å². The van der Waals surface area contributed by atoms with Crippen molar-refractivity contribution in [2.45, 2.75) is 32.2 Å². The largest absolute Gasteiger partial charge is 0.292 e. The van der Waals surface area contributed by atoms with Gasteiger partial charge in [-0.3, -0.25) is 9.48 Å². The highest BCUT2D eigenvalue weighted by molar-refractivity contribution is 6.33. The van der Waals surface area contributed by atoms with E-state index >= 15 is 0 Å². The Morgan fingerprint density at radius 2 is 2.26 bits per heavy atom. The first-order chi connectivity index (χ1) is 9.22. The van der Waals surface area contributed by atoms with Crippen molar-refractivity contribution in [3.8, 4) is 0 Å². The van der Waals surface area contributed by atoms with Crippen LogP contribution in [0.4, 0.5) is 0 Å². The highest BCUT2D eigenvalue weighted by atomic mass is 35.5. The minimum Gasteiger partial charge on any atom is -0.292 e. The van der Waals surface area contributed by atoms with Gasteiger partial charge in [-0.25, -0.2) is 0 Å². The van der Waals surface area contributed by atoms with Crippen LogP contribution in [0.25, 0.3) is 0 Å². The van der Waals surface area contributed by atoms with Crippen LogP contribution in [0.15, 0.2) is 30.5 Å². The quantitative estimate of drug-likeness (QED) is 0.804. The summed E-state index contributed by atoms with van der Waals surface area (Å²) in [7, 11) is 0. The van der Waals surface area contributed by atoms with E-state index in [0.717, 1.165) is 18.4 Å². The molecule has 98 valence electrons. The van der Waals surface area contributed by atoms with Gasteiger partial charge in [-0.1, -0.05) is 35.9 Å². The minimum absolute atomic E-state index is 0.0734. The summed E-state index contributed by atoms with van der Waals surface area (Å²) < 4.78 is 1.69. The average Bonchev–Trinajstić information content (AvgIpc) is 3.01. The molecule has 0 saturated carbocycles. The lowest BCUT2D eigenvalue weighted by Crippen LogP contribution is -2.16. The van der Waals surface area contributed by atoms with Crippen LogP contribution in [0.1, 0.15) is 40.9 Å². The standard InChI is InChI=1S/C15H15ClN2O/c1-2-18-14(13(16)9-17-18)15(19)12-8-7-10-5-3-4-6-11(10)12/h3-6,9,12H,2,7-8H2,1H3. The van der Waals surface area contributed by atoms with E-state index in [1.807, 2.05) is 25.1 Å². The molecule has 0 spiro atoms. The number of nitrogens with zero attached hydrogens (tertiary/aromatic N) is 2. The molecule has 1 aromatic heterocycles. The molecule has 0 amide bonds. The molecule has 1 aromatic carbocycles. The summed E-state index contributed by atoms with van der Waals surface area (Å²) in [5.41, 5.74) is 2.97. The average molecular weight is 275 g/mol. The second-order valence-electron chi connectivity index (χ2n) is 4.81. The smallest absolute Gasteiger partial charge is 0.189 e. The van der Waals surface area contributed by atoms with Crippen molar-refractivity contribution in [3.63, 3.8) is 0 Å². The third-order valence-electron chi connectivity index (χ3n) is 3.78. The lowest BCUT2D eigenvalue weighted by molar-refractivity contribution is 0.0949. The predicted molar refractivity (Wildman–Crippen MR) is 74.7 cm³/mol. The Bertz CT molecular complexity index is 633. The maximum Gasteiger partial charge on any atom is 0.189 e. The van der Waals surface area contributed by atoms with Crippen molar-refractivity contribution < 1.29 is 4.79 Å². The molecule has 0 saturated heterocycles. The topological polar surface area (TPSA) is 34.9 Å². The molecule has 0 N–H and O–H groups in total. The number of hydrogen-bond donors (Lipinski definition) is 0. The molecule has 1 atom stereocenters. The van der Waals surface area contributed by atoms with Crippen molar-refractivity contribution in [2.24, 2.45) is 0 Å². The molecule has 2 aromatic rings. The zero-order valence-electron chi connectivity index (χ0n) is 10.8. The fourth-order valence-corrected chi connectivity index (χ4v) is 3.08. The molecule has 1 unspecified atom stereocenters. The SMILES string of the molecule is CCn1ncc(Cl)c1C(=O)C1CCc2ccccc21. The number of halogens is 1. The summed E-state index contributed by atoms with van der Waals surface area (Å²) in [5.74, 6) is 0.0185. The third kappa shape index (κ3) is 1.98. The summed E-state index contributed by atoms with van der Waals surface area (Å²) in [4.78, 5) is 12.7. The molecule has 0 radical (unpaired) electrons. The summed E-state index contributed by atoms with van der Waals surface area (Å²) >= 11 is 6.12. The zero-order chi connectivity index (χ0) is 13.4. The van der Waals surface area contributed by atoms with E-state index in [1.165, 1.54) is 5.56 Å². The molecule has 0 aliphatic heterocycles. The summed E-state index contributed by atoms with van der Waals surface area (Å²) in [6, 6.07) is 8.16. The van der Waals surface area contributed by atoms with Crippen molar-refractivity contribution in [2.75, 3.05) is 0 Å². The van der Waals surface area contributed by atoms with Gasteiger partial charge in [0.05, 0.1) is 11.2 Å². The summed E-state index contributed by atoms with van der Waals surface area (Å²) in [6.45, 7) is 2.62. The Morgan fingerprint density at radius 1 is 1.47 bits per heavy atom. The number of rotatable bonds is 3. The number of aromatic nitrogens is 2. The summed E-state index contributed by atoms with van der Waals surface area (Å²) in [5, 5.41) is 4.60. The Morgan fingerprint density at radius 3 is 3.05 bits per heavy atom. The van der Waals surface area contributed by atoms with Gasteiger partial charge in [0.1, 0.15) is 5.69 Å². The van der Waals surface area contributed by atoms with E-state index in [9.17, 15) is 4.79 Å². The molecule has 4 heteroatoms. The van der Waals surface area contributed by atoms with Crippen LogP contribution >= 0.6 is 11.6 Å². The molecular weight excluding hydrogens is 260 g/mol. The molecule has 0 fully saturated rings. The van der Waals surface area contributed by atoms with Gasteiger partial charge in [-0.2, -0.15) is 5.10 Å². The second-order valence-corrected chi connectivity index (χ2v) is 5.22. The van der Waals surface area contributed by atoms with Crippen molar-refractivity contribution in [1.29, 1.82) is 0 Å². The van der Waals surface area contributed by atoms with E-state index in [1.54, 1.807) is 10.9 Å². The Hall–Kier alpha value is -1.61. The van der Waals surface area contributed by atoms with Crippen LogP contribution in [-0.2, 0) is 13.0 Å². The lowest BCUT2D eigenvalue weighted by Gasteiger charge is -2.12. The Labute approximate surface area is 117 Å². The van der Waals surface area contributed by atoms with Crippen LogP contribution in [0.2, 0.25) is 5.02 Å². The van der Waals surface area contributed by atoms with Crippen LogP contribution in [0.5, 0.6) is 0 Å². The number of benzene rings is 1. The van der Waals surface area contributed by atoms with Gasteiger partial charge in [0.15, 0.2) is 5.78 Å². The first-order valence-electron chi connectivity index (χ1n) is 6.55. The van der Waals surface area contributed by atoms with Crippen molar-refractivity contribution in [1.82, 2.24) is 9.78 Å². The van der Waals surface area contributed by atoms with Crippen LogP contribution < -0.4 is 0 Å².